The number of hydrogen-bond donors (Lipinski definition) is 0. The molecule has 0 radical (unpaired) electrons. The lowest BCUT2D eigenvalue weighted by atomic mass is 10.2. The van der Waals surface area contributed by atoms with Gasteiger partial charge in [0.15, 0.2) is 0 Å². The Morgan fingerprint density at radius 1 is 0.800 bits per heavy atom. The second-order valence-electron chi connectivity index (χ2n) is 3.71. The Morgan fingerprint density at radius 2 is 1.27 bits per heavy atom. The molecule has 2 nitrogen and oxygen atoms in total. The van der Waals surface area contributed by atoms with Gasteiger partial charge in [0.05, 0.1) is 0 Å². The number of thiophene rings is 1. The zero-order valence-electron chi connectivity index (χ0n) is 8.61. The molecule has 0 fully saturated rings. The third-order valence-electron chi connectivity index (χ3n) is 2.48. The number of fused-ring (bicyclic) bond motifs is 3. The van der Waals surface area contributed by atoms with Crippen molar-refractivity contribution in [2.75, 3.05) is 0 Å². The fourth-order valence-electron chi connectivity index (χ4n) is 1.72. The lowest BCUT2D eigenvalue weighted by molar-refractivity contribution is 1.27. The fraction of sp³-hybridized carbons (Fsp3) is 0.167. The number of aryl methyl sites for hydroxylation is 2. The molecule has 0 spiro atoms. The predicted octanol–water partition coefficient (Wildman–Crippen LogP) is 3.46. The summed E-state index contributed by atoms with van der Waals surface area (Å²) in [6.07, 6.45) is 0. The van der Waals surface area contributed by atoms with Crippen molar-refractivity contribution in [1.29, 1.82) is 0 Å². The van der Waals surface area contributed by atoms with Gasteiger partial charge >= 0.3 is 0 Å². The molecule has 0 aliphatic rings. The molecule has 15 heavy (non-hydrogen) atoms. The molecular formula is C12H10N2S. The molecule has 3 rings (SSSR count). The molecule has 0 aliphatic heterocycles. The second kappa shape index (κ2) is 3.00. The molecule has 74 valence electrons. The minimum Gasteiger partial charge on any atom is -0.242 e. The summed E-state index contributed by atoms with van der Waals surface area (Å²) in [5.74, 6) is 0. The van der Waals surface area contributed by atoms with E-state index in [-0.39, 0.29) is 0 Å². The van der Waals surface area contributed by atoms with E-state index in [9.17, 15) is 0 Å². The zero-order chi connectivity index (χ0) is 10.4. The van der Waals surface area contributed by atoms with Gasteiger partial charge in [-0.25, -0.2) is 9.97 Å². The summed E-state index contributed by atoms with van der Waals surface area (Å²) in [5, 5.41) is 2.43. The highest BCUT2D eigenvalue weighted by Crippen LogP contribution is 2.31. The van der Waals surface area contributed by atoms with Crippen LogP contribution in [0.15, 0.2) is 24.3 Å². The van der Waals surface area contributed by atoms with Crippen molar-refractivity contribution < 1.29 is 0 Å². The molecule has 0 saturated heterocycles. The van der Waals surface area contributed by atoms with Crippen LogP contribution in [-0.4, -0.2) is 9.97 Å². The van der Waals surface area contributed by atoms with Gasteiger partial charge in [0.25, 0.3) is 0 Å². The molecule has 0 aromatic carbocycles. The molecule has 0 bridgehead atoms. The van der Waals surface area contributed by atoms with Crippen molar-refractivity contribution in [2.45, 2.75) is 13.8 Å². The van der Waals surface area contributed by atoms with Crippen LogP contribution in [0.1, 0.15) is 11.4 Å². The number of pyridine rings is 2. The van der Waals surface area contributed by atoms with Crippen LogP contribution in [0.3, 0.4) is 0 Å². The van der Waals surface area contributed by atoms with Crippen LogP contribution in [0.25, 0.3) is 20.4 Å². The van der Waals surface area contributed by atoms with Crippen molar-refractivity contribution in [1.82, 2.24) is 9.97 Å². The minimum atomic E-state index is 1.06. The molecule has 3 heterocycles. The SMILES string of the molecule is Cc1ccc2c(n1)sc1nc(C)ccc12. The van der Waals surface area contributed by atoms with Crippen LogP contribution in [-0.2, 0) is 0 Å². The molecule has 0 unspecified atom stereocenters. The van der Waals surface area contributed by atoms with E-state index in [0.29, 0.717) is 0 Å². The lowest BCUT2D eigenvalue weighted by Crippen LogP contribution is -1.78. The third-order valence-corrected chi connectivity index (χ3v) is 3.49. The maximum Gasteiger partial charge on any atom is 0.126 e. The van der Waals surface area contributed by atoms with Crippen LogP contribution < -0.4 is 0 Å². The van der Waals surface area contributed by atoms with E-state index < -0.39 is 0 Å². The summed E-state index contributed by atoms with van der Waals surface area (Å²) in [4.78, 5) is 11.2. The Morgan fingerprint density at radius 3 is 1.73 bits per heavy atom. The topological polar surface area (TPSA) is 25.8 Å². The molecule has 0 N–H and O–H groups in total. The Balaban J connectivity index is 2.51. The van der Waals surface area contributed by atoms with E-state index in [1.807, 2.05) is 26.0 Å². The second-order valence-corrected chi connectivity index (χ2v) is 4.69. The van der Waals surface area contributed by atoms with Crippen LogP contribution in [0, 0.1) is 13.8 Å². The first-order chi connectivity index (χ1) is 7.24. The highest BCUT2D eigenvalue weighted by atomic mass is 32.1. The fourth-order valence-corrected chi connectivity index (χ4v) is 2.86. The van der Waals surface area contributed by atoms with Crippen molar-refractivity contribution >= 4 is 31.8 Å². The summed E-state index contributed by atoms with van der Waals surface area (Å²) >= 11 is 1.67. The smallest absolute Gasteiger partial charge is 0.126 e. The van der Waals surface area contributed by atoms with E-state index in [4.69, 9.17) is 0 Å². The van der Waals surface area contributed by atoms with Gasteiger partial charge in [-0.2, -0.15) is 0 Å². The largest absolute Gasteiger partial charge is 0.242 e. The molecule has 3 aromatic rings. The first-order valence-corrected chi connectivity index (χ1v) is 5.69. The number of nitrogens with zero attached hydrogens (tertiary/aromatic N) is 2. The Labute approximate surface area is 91.6 Å². The van der Waals surface area contributed by atoms with Gasteiger partial charge < -0.3 is 0 Å². The Kier molecular flexibility index (Phi) is 1.76. The maximum atomic E-state index is 4.52. The zero-order valence-corrected chi connectivity index (χ0v) is 9.43. The van der Waals surface area contributed by atoms with E-state index in [2.05, 4.69) is 22.1 Å². The van der Waals surface area contributed by atoms with E-state index in [1.165, 1.54) is 10.8 Å². The number of aromatic nitrogens is 2. The van der Waals surface area contributed by atoms with Crippen molar-refractivity contribution in [3.05, 3.63) is 35.7 Å². The Bertz CT molecular complexity index is 599. The lowest BCUT2D eigenvalue weighted by Gasteiger charge is -1.92. The van der Waals surface area contributed by atoms with E-state index in [1.54, 1.807) is 11.3 Å². The van der Waals surface area contributed by atoms with Crippen LogP contribution in [0.4, 0.5) is 0 Å². The number of hydrogen-bond acceptors (Lipinski definition) is 3. The number of rotatable bonds is 0. The highest BCUT2D eigenvalue weighted by Gasteiger charge is 2.06. The van der Waals surface area contributed by atoms with Crippen molar-refractivity contribution in [2.24, 2.45) is 0 Å². The normalized spacial score (nSPS) is 11.3. The predicted molar refractivity (Wildman–Crippen MR) is 64.4 cm³/mol. The average molecular weight is 214 g/mol. The van der Waals surface area contributed by atoms with Gasteiger partial charge in [-0.1, -0.05) is 11.3 Å². The molecule has 0 saturated carbocycles. The molecular weight excluding hydrogens is 204 g/mol. The highest BCUT2D eigenvalue weighted by molar-refractivity contribution is 7.25. The monoisotopic (exact) mass is 214 g/mol. The summed E-state index contributed by atoms with van der Waals surface area (Å²) < 4.78 is 0. The van der Waals surface area contributed by atoms with Gasteiger partial charge in [0.2, 0.25) is 0 Å². The van der Waals surface area contributed by atoms with Crippen LogP contribution in [0.2, 0.25) is 0 Å². The molecule has 3 aromatic heterocycles. The van der Waals surface area contributed by atoms with E-state index >= 15 is 0 Å². The Hall–Kier alpha value is -1.48. The van der Waals surface area contributed by atoms with Crippen LogP contribution in [0.5, 0.6) is 0 Å². The van der Waals surface area contributed by atoms with Gasteiger partial charge in [0.1, 0.15) is 9.66 Å². The third kappa shape index (κ3) is 1.31. The molecule has 3 heteroatoms. The molecule has 0 aliphatic carbocycles. The van der Waals surface area contributed by atoms with Gasteiger partial charge in [0, 0.05) is 22.2 Å². The molecule has 0 atom stereocenters. The molecule has 0 amide bonds. The summed E-state index contributed by atoms with van der Waals surface area (Å²) in [6, 6.07) is 8.36. The van der Waals surface area contributed by atoms with E-state index in [0.717, 1.165) is 21.0 Å². The quantitative estimate of drug-likeness (QED) is 0.572. The van der Waals surface area contributed by atoms with Crippen molar-refractivity contribution in [3.63, 3.8) is 0 Å². The van der Waals surface area contributed by atoms with Crippen LogP contribution >= 0.6 is 11.3 Å². The maximum absolute atomic E-state index is 4.52. The summed E-state index contributed by atoms with van der Waals surface area (Å²) in [5.41, 5.74) is 2.12. The summed E-state index contributed by atoms with van der Waals surface area (Å²) in [6.45, 7) is 4.03. The minimum absolute atomic E-state index is 1.06. The first-order valence-electron chi connectivity index (χ1n) is 4.87. The van der Waals surface area contributed by atoms with Gasteiger partial charge in [-0.15, -0.1) is 0 Å². The average Bonchev–Trinajstić information content (AvgIpc) is 2.53. The van der Waals surface area contributed by atoms with Gasteiger partial charge in [-0.3, -0.25) is 0 Å². The first kappa shape index (κ1) is 8.80. The summed E-state index contributed by atoms with van der Waals surface area (Å²) in [7, 11) is 0. The van der Waals surface area contributed by atoms with Gasteiger partial charge in [-0.05, 0) is 38.1 Å². The standard InChI is InChI=1S/C12H10N2S/c1-7-3-5-9-10-6-4-8(2)14-12(10)15-11(9)13-7/h3-6H,1-2H3. The van der Waals surface area contributed by atoms with Crippen molar-refractivity contribution in [3.8, 4) is 0 Å².